The van der Waals surface area contributed by atoms with Crippen molar-refractivity contribution in [3.05, 3.63) is 0 Å². The number of hydrogen-bond donors (Lipinski definition) is 0. The quantitative estimate of drug-likeness (QED) is 0.570. The molecule has 1 aliphatic heterocycles. The predicted molar refractivity (Wildman–Crippen MR) is 86.1 cm³/mol. The van der Waals surface area contributed by atoms with Gasteiger partial charge in [-0.05, 0) is 26.2 Å². The van der Waals surface area contributed by atoms with Crippen LogP contribution in [0.25, 0.3) is 0 Å². The maximum Gasteiger partial charge on any atom is 0.319 e. The molecule has 1 heterocycles. The first-order valence-electron chi connectivity index (χ1n) is 7.89. The molecular formula is C16H24O6S. The fourth-order valence-electron chi connectivity index (χ4n) is 2.25. The molecule has 0 aromatic heterocycles. The van der Waals surface area contributed by atoms with E-state index < -0.39 is 22.8 Å². The van der Waals surface area contributed by atoms with Gasteiger partial charge in [-0.25, -0.2) is 0 Å². The monoisotopic (exact) mass is 344 g/mol. The van der Waals surface area contributed by atoms with Crippen LogP contribution in [0, 0.1) is 0 Å². The summed E-state index contributed by atoms with van der Waals surface area (Å²) in [6.45, 7) is 1.83. The van der Waals surface area contributed by atoms with Crippen LogP contribution in [-0.4, -0.2) is 47.7 Å². The third-order valence-electron chi connectivity index (χ3n) is 3.63. The lowest BCUT2D eigenvalue weighted by molar-refractivity contribution is -0.149. The molecule has 0 aromatic carbocycles. The summed E-state index contributed by atoms with van der Waals surface area (Å²) in [7, 11) is 1.29. The van der Waals surface area contributed by atoms with Crippen LogP contribution in [0.3, 0.4) is 0 Å². The fraction of sp³-hybridized carbons (Fsp3) is 0.750. The average Bonchev–Trinajstić information content (AvgIpc) is 2.51. The SMILES string of the molecule is COC(=O)CCS[C@H]1CC(=O)C(=O)CCCCC[C@@H](C)OC1=O. The summed E-state index contributed by atoms with van der Waals surface area (Å²) in [5, 5.41) is -0.752. The van der Waals surface area contributed by atoms with Crippen molar-refractivity contribution in [3.8, 4) is 0 Å². The van der Waals surface area contributed by atoms with Gasteiger partial charge in [0.25, 0.3) is 0 Å². The summed E-state index contributed by atoms with van der Waals surface area (Å²) < 4.78 is 9.91. The largest absolute Gasteiger partial charge is 0.469 e. The summed E-state index contributed by atoms with van der Waals surface area (Å²) in [5.74, 6) is -1.50. The lowest BCUT2D eigenvalue weighted by Crippen LogP contribution is -2.30. The zero-order valence-electron chi connectivity index (χ0n) is 13.7. The van der Waals surface area contributed by atoms with Crippen molar-refractivity contribution in [2.75, 3.05) is 12.9 Å². The van der Waals surface area contributed by atoms with Crippen LogP contribution in [-0.2, 0) is 28.7 Å². The summed E-state index contributed by atoms with van der Waals surface area (Å²) >= 11 is 1.16. The van der Waals surface area contributed by atoms with Gasteiger partial charge >= 0.3 is 11.9 Å². The van der Waals surface area contributed by atoms with Gasteiger partial charge in [-0.3, -0.25) is 19.2 Å². The van der Waals surface area contributed by atoms with E-state index in [0.717, 1.165) is 31.0 Å². The first-order chi connectivity index (χ1) is 10.9. The third kappa shape index (κ3) is 7.63. The molecule has 130 valence electrons. The van der Waals surface area contributed by atoms with E-state index in [4.69, 9.17) is 4.74 Å². The number of methoxy groups -OCH3 is 1. The van der Waals surface area contributed by atoms with Crippen LogP contribution in [0.5, 0.6) is 0 Å². The summed E-state index contributed by atoms with van der Waals surface area (Å²) in [6, 6.07) is 0. The fourth-order valence-corrected chi connectivity index (χ4v) is 3.28. The maximum absolute atomic E-state index is 12.2. The molecule has 0 aromatic rings. The number of ether oxygens (including phenoxy) is 2. The predicted octanol–water partition coefficient (Wildman–Crippen LogP) is 2.08. The second-order valence-electron chi connectivity index (χ2n) is 5.58. The van der Waals surface area contributed by atoms with Gasteiger partial charge in [-0.1, -0.05) is 6.42 Å². The van der Waals surface area contributed by atoms with E-state index in [1.165, 1.54) is 7.11 Å². The van der Waals surface area contributed by atoms with E-state index in [0.29, 0.717) is 12.2 Å². The molecule has 0 aliphatic carbocycles. The first-order valence-corrected chi connectivity index (χ1v) is 8.94. The lowest BCUT2D eigenvalue weighted by Gasteiger charge is -2.19. The number of Topliss-reactive ketones (excluding diaryl/α,β-unsaturated/α-hetero) is 2. The van der Waals surface area contributed by atoms with Crippen LogP contribution in [0.2, 0.25) is 0 Å². The van der Waals surface area contributed by atoms with E-state index >= 15 is 0 Å². The van der Waals surface area contributed by atoms with Crippen LogP contribution in [0.15, 0.2) is 0 Å². The number of carbonyl (C=O) groups excluding carboxylic acids is 4. The normalized spacial score (nSPS) is 24.3. The highest BCUT2D eigenvalue weighted by Gasteiger charge is 2.28. The molecule has 0 radical (unpaired) electrons. The van der Waals surface area contributed by atoms with Gasteiger partial charge in [0.1, 0.15) is 5.25 Å². The van der Waals surface area contributed by atoms with E-state index in [9.17, 15) is 19.2 Å². The van der Waals surface area contributed by atoms with Gasteiger partial charge in [-0.15, -0.1) is 11.8 Å². The van der Waals surface area contributed by atoms with Gasteiger partial charge < -0.3 is 9.47 Å². The van der Waals surface area contributed by atoms with E-state index in [2.05, 4.69) is 4.74 Å². The molecule has 1 rings (SSSR count). The van der Waals surface area contributed by atoms with Gasteiger partial charge in [0, 0.05) is 18.6 Å². The highest BCUT2D eigenvalue weighted by Crippen LogP contribution is 2.21. The van der Waals surface area contributed by atoms with E-state index in [1.807, 2.05) is 6.92 Å². The maximum atomic E-state index is 12.2. The first kappa shape index (κ1) is 19.7. The molecule has 1 saturated heterocycles. The van der Waals surface area contributed by atoms with Gasteiger partial charge in [0.05, 0.1) is 19.6 Å². The number of rotatable bonds is 4. The minimum atomic E-state index is -0.752. The highest BCUT2D eigenvalue weighted by atomic mass is 32.2. The van der Waals surface area contributed by atoms with Gasteiger partial charge in [0.15, 0.2) is 11.6 Å². The third-order valence-corrected chi connectivity index (χ3v) is 4.83. The zero-order chi connectivity index (χ0) is 17.2. The van der Waals surface area contributed by atoms with Gasteiger partial charge in [0.2, 0.25) is 0 Å². The number of ketones is 2. The van der Waals surface area contributed by atoms with Gasteiger partial charge in [-0.2, -0.15) is 0 Å². The number of esters is 2. The summed E-state index contributed by atoms with van der Waals surface area (Å²) in [5.41, 5.74) is 0. The Morgan fingerprint density at radius 3 is 2.65 bits per heavy atom. The minimum absolute atomic E-state index is 0.142. The molecule has 0 amide bonds. The van der Waals surface area contributed by atoms with Crippen LogP contribution in [0.4, 0.5) is 0 Å². The number of hydrogen-bond acceptors (Lipinski definition) is 7. The van der Waals surface area contributed by atoms with Crippen molar-refractivity contribution < 1.29 is 28.7 Å². The Kier molecular flexibility index (Phi) is 8.91. The van der Waals surface area contributed by atoms with Crippen molar-refractivity contribution in [1.82, 2.24) is 0 Å². The number of carbonyl (C=O) groups is 4. The molecule has 7 heteroatoms. The number of cyclic esters (lactones) is 1. The van der Waals surface area contributed by atoms with Crippen molar-refractivity contribution >= 4 is 35.3 Å². The second kappa shape index (κ2) is 10.4. The van der Waals surface area contributed by atoms with E-state index in [1.54, 1.807) is 0 Å². The lowest BCUT2D eigenvalue weighted by atomic mass is 10.0. The number of thioether (sulfide) groups is 1. The molecule has 2 atom stereocenters. The highest BCUT2D eigenvalue weighted by molar-refractivity contribution is 8.00. The zero-order valence-corrected chi connectivity index (χ0v) is 14.5. The molecule has 23 heavy (non-hydrogen) atoms. The topological polar surface area (TPSA) is 86.7 Å². The summed E-state index contributed by atoms with van der Waals surface area (Å²) in [6.07, 6.45) is 3.13. The van der Waals surface area contributed by atoms with Crippen molar-refractivity contribution in [3.63, 3.8) is 0 Å². The molecule has 0 N–H and O–H groups in total. The van der Waals surface area contributed by atoms with E-state index in [-0.39, 0.29) is 31.3 Å². The average molecular weight is 344 g/mol. The Morgan fingerprint density at radius 1 is 1.22 bits per heavy atom. The molecular weight excluding hydrogens is 320 g/mol. The van der Waals surface area contributed by atoms with Crippen molar-refractivity contribution in [1.29, 1.82) is 0 Å². The molecule has 0 saturated carbocycles. The Morgan fingerprint density at radius 2 is 1.96 bits per heavy atom. The molecule has 1 aliphatic rings. The Balaban J connectivity index is 2.69. The smallest absolute Gasteiger partial charge is 0.319 e. The molecule has 0 unspecified atom stereocenters. The Labute approximate surface area is 140 Å². The Hall–Kier alpha value is -1.37. The van der Waals surface area contributed by atoms with Crippen molar-refractivity contribution in [2.24, 2.45) is 0 Å². The van der Waals surface area contributed by atoms with Crippen LogP contribution < -0.4 is 0 Å². The summed E-state index contributed by atoms with van der Waals surface area (Å²) in [4.78, 5) is 47.1. The van der Waals surface area contributed by atoms with Crippen LogP contribution in [0.1, 0.15) is 51.9 Å². The molecule has 1 fully saturated rings. The Bertz CT molecular complexity index is 448. The molecule has 6 nitrogen and oxygen atoms in total. The van der Waals surface area contributed by atoms with Crippen LogP contribution >= 0.6 is 11.8 Å². The van der Waals surface area contributed by atoms with Crippen molar-refractivity contribution in [2.45, 2.75) is 63.2 Å². The minimum Gasteiger partial charge on any atom is -0.469 e. The molecule has 0 spiro atoms. The molecule has 0 bridgehead atoms. The second-order valence-corrected chi connectivity index (χ2v) is 6.89. The standard InChI is InChI=1S/C16H24O6S/c1-11-6-4-3-5-7-12(17)13(18)10-14(16(20)22-11)23-9-8-15(19)21-2/h11,14H,3-10H2,1-2H3/t11-,14+/m1/s1.